The van der Waals surface area contributed by atoms with Gasteiger partial charge in [-0.15, -0.1) is 0 Å². The third-order valence-electron chi connectivity index (χ3n) is 6.19. The molecule has 0 bridgehead atoms. The van der Waals surface area contributed by atoms with Gasteiger partial charge in [0.2, 0.25) is 0 Å². The predicted octanol–water partition coefficient (Wildman–Crippen LogP) is 3.56. The average molecular weight is 549 g/mol. The molecular weight excluding hydrogens is 519 g/mol. The third kappa shape index (κ3) is 6.52. The Hall–Kier alpha value is -2.89. The number of nitrogens with one attached hydrogen (secondary N) is 1. The van der Waals surface area contributed by atoms with Gasteiger partial charge in [-0.25, -0.2) is 13.0 Å². The lowest BCUT2D eigenvalue weighted by atomic mass is 9.84. The number of amides is 1. The highest BCUT2D eigenvalue weighted by Crippen LogP contribution is 2.47. The largest absolute Gasteiger partial charge is 0.470 e. The summed E-state index contributed by atoms with van der Waals surface area (Å²) in [7, 11) is -8.64. The summed E-state index contributed by atoms with van der Waals surface area (Å²) in [4.78, 5) is 41.7. The van der Waals surface area contributed by atoms with Gasteiger partial charge in [0, 0.05) is 36.7 Å². The minimum absolute atomic E-state index is 0.00558. The lowest BCUT2D eigenvalue weighted by Crippen LogP contribution is -2.48. The van der Waals surface area contributed by atoms with Crippen LogP contribution in [0.1, 0.15) is 43.5 Å². The van der Waals surface area contributed by atoms with Crippen molar-refractivity contribution in [1.29, 1.82) is 0 Å². The zero-order chi connectivity index (χ0) is 26.8. The first-order valence-corrected chi connectivity index (χ1v) is 14.8. The summed E-state index contributed by atoms with van der Waals surface area (Å²) in [5.41, 5.74) is 0.369. The molecule has 1 fully saturated rings. The number of phosphoric ester groups is 1. The molecule has 1 aliphatic rings. The Morgan fingerprint density at radius 1 is 1.11 bits per heavy atom. The number of nitrogens with zero attached hydrogens (tertiary/aromatic N) is 3. The number of benzene rings is 2. The Morgan fingerprint density at radius 3 is 2.38 bits per heavy atom. The SMILES string of the molecule is CC(C)CC1(OP(=O)(O)O)CCN(C(=O)c2ccc(NS(=O)(=O)c3cccc4nccnc34)cc2)CC1. The molecule has 4 rings (SSSR count). The highest BCUT2D eigenvalue weighted by atomic mass is 32.2. The van der Waals surface area contributed by atoms with E-state index in [0.717, 1.165) is 0 Å². The summed E-state index contributed by atoms with van der Waals surface area (Å²) in [5.74, 6) is -0.0981. The molecule has 0 radical (unpaired) electrons. The van der Waals surface area contributed by atoms with Gasteiger partial charge in [0.1, 0.15) is 10.4 Å². The average Bonchev–Trinajstić information content (AvgIpc) is 2.82. The Labute approximate surface area is 215 Å². The van der Waals surface area contributed by atoms with Gasteiger partial charge in [-0.3, -0.25) is 24.0 Å². The third-order valence-corrected chi connectivity index (χ3v) is 8.23. The van der Waals surface area contributed by atoms with E-state index in [4.69, 9.17) is 4.52 Å². The first-order valence-electron chi connectivity index (χ1n) is 11.8. The van der Waals surface area contributed by atoms with Crippen molar-refractivity contribution in [3.63, 3.8) is 0 Å². The van der Waals surface area contributed by atoms with E-state index >= 15 is 0 Å². The summed E-state index contributed by atoms with van der Waals surface area (Å²) in [6.45, 7) is 4.46. The van der Waals surface area contributed by atoms with Gasteiger partial charge >= 0.3 is 7.82 Å². The summed E-state index contributed by atoms with van der Waals surface area (Å²) in [6, 6.07) is 10.8. The van der Waals surface area contributed by atoms with E-state index in [1.165, 1.54) is 42.7 Å². The molecule has 37 heavy (non-hydrogen) atoms. The molecular formula is C24H29N4O7PS. The van der Waals surface area contributed by atoms with E-state index in [0.29, 0.717) is 30.3 Å². The van der Waals surface area contributed by atoms with Crippen LogP contribution < -0.4 is 4.72 Å². The molecule has 11 nitrogen and oxygen atoms in total. The van der Waals surface area contributed by atoms with Gasteiger partial charge < -0.3 is 14.7 Å². The summed E-state index contributed by atoms with van der Waals surface area (Å²) in [5, 5.41) is 0. The molecule has 0 spiro atoms. The maximum absolute atomic E-state index is 13.1. The van der Waals surface area contributed by atoms with Crippen molar-refractivity contribution in [3.05, 3.63) is 60.4 Å². The first-order chi connectivity index (χ1) is 17.4. The van der Waals surface area contributed by atoms with E-state index in [-0.39, 0.29) is 41.0 Å². The second-order valence-electron chi connectivity index (χ2n) is 9.52. The Balaban J connectivity index is 1.45. The first kappa shape index (κ1) is 27.2. The molecule has 3 aromatic rings. The highest BCUT2D eigenvalue weighted by Gasteiger charge is 2.42. The molecule has 1 aliphatic heterocycles. The van der Waals surface area contributed by atoms with Crippen LogP contribution in [-0.2, 0) is 19.1 Å². The number of piperidine rings is 1. The van der Waals surface area contributed by atoms with Crippen LogP contribution in [0, 0.1) is 5.92 Å². The summed E-state index contributed by atoms with van der Waals surface area (Å²) < 4.78 is 45.2. The van der Waals surface area contributed by atoms with Crippen molar-refractivity contribution < 1.29 is 32.1 Å². The van der Waals surface area contributed by atoms with Gasteiger partial charge in [-0.2, -0.15) is 0 Å². The number of rotatable bonds is 8. The van der Waals surface area contributed by atoms with Crippen LogP contribution in [0.2, 0.25) is 0 Å². The van der Waals surface area contributed by atoms with Crippen molar-refractivity contribution >= 4 is 40.5 Å². The molecule has 13 heteroatoms. The van der Waals surface area contributed by atoms with E-state index in [9.17, 15) is 27.6 Å². The quantitative estimate of drug-likeness (QED) is 0.358. The van der Waals surface area contributed by atoms with Crippen molar-refractivity contribution in [2.24, 2.45) is 5.92 Å². The van der Waals surface area contributed by atoms with Gasteiger partial charge in [0.25, 0.3) is 15.9 Å². The topological polar surface area (TPSA) is 159 Å². The van der Waals surface area contributed by atoms with Crippen molar-refractivity contribution in [3.8, 4) is 0 Å². The lowest BCUT2D eigenvalue weighted by molar-refractivity contribution is -0.0285. The summed E-state index contributed by atoms with van der Waals surface area (Å²) in [6.07, 6.45) is 3.98. The van der Waals surface area contributed by atoms with E-state index in [1.54, 1.807) is 17.0 Å². The van der Waals surface area contributed by atoms with Gasteiger partial charge in [0.05, 0.1) is 11.1 Å². The molecule has 0 atom stereocenters. The molecule has 198 valence electrons. The van der Waals surface area contributed by atoms with Crippen molar-refractivity contribution in [1.82, 2.24) is 14.9 Å². The molecule has 2 aromatic carbocycles. The van der Waals surface area contributed by atoms with Crippen LogP contribution in [0.5, 0.6) is 0 Å². The molecule has 2 heterocycles. The number of hydrogen-bond acceptors (Lipinski definition) is 7. The molecule has 3 N–H and O–H groups in total. The zero-order valence-corrected chi connectivity index (χ0v) is 22.2. The zero-order valence-electron chi connectivity index (χ0n) is 20.4. The Bertz CT molecular complexity index is 1430. The number of sulfonamides is 1. The number of carbonyl (C=O) groups excluding carboxylic acids is 1. The number of para-hydroxylation sites is 1. The number of phosphoric acid groups is 1. The van der Waals surface area contributed by atoms with Gasteiger partial charge in [-0.1, -0.05) is 19.9 Å². The fourth-order valence-corrected chi connectivity index (χ4v) is 6.69. The van der Waals surface area contributed by atoms with Crippen molar-refractivity contribution in [2.45, 2.75) is 43.6 Å². The van der Waals surface area contributed by atoms with Crippen LogP contribution in [0.4, 0.5) is 5.69 Å². The van der Waals surface area contributed by atoms with Crippen LogP contribution in [-0.4, -0.2) is 57.7 Å². The van der Waals surface area contributed by atoms with Crippen LogP contribution in [0.25, 0.3) is 11.0 Å². The second-order valence-corrected chi connectivity index (χ2v) is 12.3. The Kier molecular flexibility index (Phi) is 7.68. The number of aromatic nitrogens is 2. The van der Waals surface area contributed by atoms with Gasteiger partial charge in [0.15, 0.2) is 0 Å². The molecule has 1 aromatic heterocycles. The predicted molar refractivity (Wildman–Crippen MR) is 137 cm³/mol. The molecule has 0 unspecified atom stereocenters. The van der Waals surface area contributed by atoms with E-state index in [1.807, 2.05) is 13.8 Å². The Morgan fingerprint density at radius 2 is 1.76 bits per heavy atom. The minimum atomic E-state index is -4.68. The number of hydrogen-bond donors (Lipinski definition) is 3. The minimum Gasteiger partial charge on any atom is -0.338 e. The number of carbonyl (C=O) groups is 1. The number of anilines is 1. The van der Waals surface area contributed by atoms with Crippen LogP contribution in [0.3, 0.4) is 0 Å². The molecule has 0 aliphatic carbocycles. The standard InChI is InChI=1S/C24H29N4O7PS/c1-17(2)16-24(35-36(30,31)32)10-14-28(15-11-24)23(29)18-6-8-19(9-7-18)27-37(33,34)21-5-3-4-20-22(21)26-13-12-25-20/h3-9,12-13,17,27H,10-11,14-16H2,1-2H3,(H2,30,31,32). The fourth-order valence-electron chi connectivity index (χ4n) is 4.70. The number of likely N-dealkylation sites (tertiary alicyclic amines) is 1. The van der Waals surface area contributed by atoms with Crippen LogP contribution in [0.15, 0.2) is 59.8 Å². The van der Waals surface area contributed by atoms with E-state index < -0.39 is 23.4 Å². The normalized spacial score (nSPS) is 16.2. The van der Waals surface area contributed by atoms with Crippen molar-refractivity contribution in [2.75, 3.05) is 17.8 Å². The maximum Gasteiger partial charge on any atom is 0.470 e. The summed E-state index contributed by atoms with van der Waals surface area (Å²) >= 11 is 0. The highest BCUT2D eigenvalue weighted by molar-refractivity contribution is 7.93. The lowest BCUT2D eigenvalue weighted by Gasteiger charge is -2.42. The van der Waals surface area contributed by atoms with Crippen LogP contribution >= 0.6 is 7.82 Å². The second kappa shape index (κ2) is 10.5. The number of fused-ring (bicyclic) bond motifs is 1. The smallest absolute Gasteiger partial charge is 0.338 e. The van der Waals surface area contributed by atoms with E-state index in [2.05, 4.69) is 14.7 Å². The molecule has 0 saturated carbocycles. The monoisotopic (exact) mass is 548 g/mol. The fraction of sp³-hybridized carbons (Fsp3) is 0.375. The maximum atomic E-state index is 13.1. The molecule has 1 saturated heterocycles. The van der Waals surface area contributed by atoms with Gasteiger partial charge in [-0.05, 0) is 61.6 Å². The molecule has 1 amide bonds.